The molecular formula is C17H20F3N. The topological polar surface area (TPSA) is 12.9 Å². The lowest BCUT2D eigenvalue weighted by Crippen LogP contribution is -2.07. The molecule has 1 heterocycles. The van der Waals surface area contributed by atoms with Gasteiger partial charge in [0.25, 0.3) is 0 Å². The Hall–Kier alpha value is -1.58. The van der Waals surface area contributed by atoms with E-state index >= 15 is 0 Å². The standard InChI is InChI=1S/C17H20F3N/c1-4-6-14-15-10-12(17(18,19)20)8-9-13(15)11(3)21-16(14)7-5-2/h8-10H,4-7H2,1-3H3. The SMILES string of the molecule is CCCc1nc(C)c2ccc(C(F)(F)F)cc2c1CCC. The molecule has 2 rings (SSSR count). The number of benzene rings is 1. The summed E-state index contributed by atoms with van der Waals surface area (Å²) in [6.45, 7) is 5.96. The van der Waals surface area contributed by atoms with Crippen molar-refractivity contribution >= 4 is 10.8 Å². The lowest BCUT2D eigenvalue weighted by atomic mass is 9.95. The normalized spacial score (nSPS) is 12.1. The third-order valence-electron chi connectivity index (χ3n) is 3.70. The molecule has 0 radical (unpaired) electrons. The zero-order valence-electron chi connectivity index (χ0n) is 12.6. The van der Waals surface area contributed by atoms with E-state index in [2.05, 4.69) is 11.9 Å². The molecule has 0 unspecified atom stereocenters. The van der Waals surface area contributed by atoms with E-state index in [4.69, 9.17) is 0 Å². The molecule has 114 valence electrons. The molecule has 0 bridgehead atoms. The van der Waals surface area contributed by atoms with Gasteiger partial charge >= 0.3 is 6.18 Å². The van der Waals surface area contributed by atoms with Crippen LogP contribution in [0.4, 0.5) is 13.2 Å². The molecular weight excluding hydrogens is 275 g/mol. The highest BCUT2D eigenvalue weighted by molar-refractivity contribution is 5.89. The Bertz CT molecular complexity index is 645. The molecule has 0 spiro atoms. The highest BCUT2D eigenvalue weighted by Gasteiger charge is 2.30. The van der Waals surface area contributed by atoms with Crippen molar-refractivity contribution < 1.29 is 13.2 Å². The molecule has 1 aromatic heterocycles. The Morgan fingerprint density at radius 2 is 1.67 bits per heavy atom. The van der Waals surface area contributed by atoms with Crippen molar-refractivity contribution in [3.63, 3.8) is 0 Å². The Labute approximate surface area is 123 Å². The average molecular weight is 295 g/mol. The summed E-state index contributed by atoms with van der Waals surface area (Å²) < 4.78 is 38.9. The van der Waals surface area contributed by atoms with Gasteiger partial charge in [-0.2, -0.15) is 13.2 Å². The number of aryl methyl sites for hydroxylation is 3. The van der Waals surface area contributed by atoms with Gasteiger partial charge in [-0.3, -0.25) is 4.98 Å². The van der Waals surface area contributed by atoms with Gasteiger partial charge in [0.1, 0.15) is 0 Å². The van der Waals surface area contributed by atoms with Gasteiger partial charge in [0, 0.05) is 16.8 Å². The summed E-state index contributed by atoms with van der Waals surface area (Å²) in [6, 6.07) is 3.98. The van der Waals surface area contributed by atoms with Crippen LogP contribution in [0.25, 0.3) is 10.8 Å². The Morgan fingerprint density at radius 1 is 1.00 bits per heavy atom. The molecule has 21 heavy (non-hydrogen) atoms. The fourth-order valence-corrected chi connectivity index (χ4v) is 2.74. The van der Waals surface area contributed by atoms with E-state index in [1.165, 1.54) is 6.07 Å². The van der Waals surface area contributed by atoms with Crippen LogP contribution >= 0.6 is 0 Å². The van der Waals surface area contributed by atoms with E-state index in [1.54, 1.807) is 6.07 Å². The van der Waals surface area contributed by atoms with Crippen molar-refractivity contribution in [2.45, 2.75) is 52.6 Å². The minimum absolute atomic E-state index is 0.583. The molecule has 1 nitrogen and oxygen atoms in total. The van der Waals surface area contributed by atoms with Gasteiger partial charge < -0.3 is 0 Å². The van der Waals surface area contributed by atoms with Crippen LogP contribution < -0.4 is 0 Å². The molecule has 0 aliphatic rings. The van der Waals surface area contributed by atoms with Gasteiger partial charge in [-0.05, 0) is 42.8 Å². The maximum Gasteiger partial charge on any atom is 0.416 e. The fraction of sp³-hybridized carbons (Fsp3) is 0.471. The van der Waals surface area contributed by atoms with Gasteiger partial charge in [0.2, 0.25) is 0 Å². The second-order valence-electron chi connectivity index (χ2n) is 5.38. The monoisotopic (exact) mass is 295 g/mol. The molecule has 4 heteroatoms. The molecule has 0 atom stereocenters. The molecule has 0 aliphatic heterocycles. The minimum atomic E-state index is -4.31. The van der Waals surface area contributed by atoms with Crippen LogP contribution in [0, 0.1) is 6.92 Å². The lowest BCUT2D eigenvalue weighted by molar-refractivity contribution is -0.137. The van der Waals surface area contributed by atoms with Crippen molar-refractivity contribution in [2.24, 2.45) is 0 Å². The number of alkyl halides is 3. The predicted octanol–water partition coefficient (Wildman–Crippen LogP) is 5.47. The number of hydrogen-bond donors (Lipinski definition) is 0. The molecule has 0 amide bonds. The number of rotatable bonds is 4. The zero-order chi connectivity index (χ0) is 15.6. The highest BCUT2D eigenvalue weighted by Crippen LogP contribution is 2.34. The van der Waals surface area contributed by atoms with E-state index in [0.29, 0.717) is 5.39 Å². The lowest BCUT2D eigenvalue weighted by Gasteiger charge is -2.15. The molecule has 0 aliphatic carbocycles. The summed E-state index contributed by atoms with van der Waals surface area (Å²) in [6.07, 6.45) is -0.900. The van der Waals surface area contributed by atoms with Gasteiger partial charge in [-0.1, -0.05) is 32.8 Å². The zero-order valence-corrected chi connectivity index (χ0v) is 12.6. The maximum absolute atomic E-state index is 13.0. The van der Waals surface area contributed by atoms with Gasteiger partial charge in [0.05, 0.1) is 5.56 Å². The third-order valence-corrected chi connectivity index (χ3v) is 3.70. The molecule has 0 saturated carbocycles. The summed E-state index contributed by atoms with van der Waals surface area (Å²) in [7, 11) is 0. The second-order valence-corrected chi connectivity index (χ2v) is 5.38. The summed E-state index contributed by atoms with van der Waals surface area (Å²) in [4.78, 5) is 4.62. The quantitative estimate of drug-likeness (QED) is 0.729. The summed E-state index contributed by atoms with van der Waals surface area (Å²) in [5.41, 5.74) is 2.15. The van der Waals surface area contributed by atoms with E-state index in [-0.39, 0.29) is 0 Å². The van der Waals surface area contributed by atoms with E-state index in [1.807, 2.05) is 13.8 Å². The van der Waals surface area contributed by atoms with Crippen LogP contribution in [0.5, 0.6) is 0 Å². The molecule has 0 saturated heterocycles. The fourth-order valence-electron chi connectivity index (χ4n) is 2.74. The molecule has 1 aromatic carbocycles. The Balaban J connectivity index is 2.75. The van der Waals surface area contributed by atoms with E-state index in [9.17, 15) is 13.2 Å². The average Bonchev–Trinajstić information content (AvgIpc) is 2.42. The largest absolute Gasteiger partial charge is 0.416 e. The Kier molecular flexibility index (Phi) is 4.55. The van der Waals surface area contributed by atoms with Crippen molar-refractivity contribution in [1.82, 2.24) is 4.98 Å². The third kappa shape index (κ3) is 3.20. The minimum Gasteiger partial charge on any atom is -0.257 e. The first-order valence-electron chi connectivity index (χ1n) is 7.37. The maximum atomic E-state index is 13.0. The molecule has 2 aromatic rings. The van der Waals surface area contributed by atoms with Crippen molar-refractivity contribution in [1.29, 1.82) is 0 Å². The summed E-state index contributed by atoms with van der Waals surface area (Å²) in [5.74, 6) is 0. The van der Waals surface area contributed by atoms with Crippen LogP contribution in [0.3, 0.4) is 0 Å². The van der Waals surface area contributed by atoms with Crippen molar-refractivity contribution in [3.8, 4) is 0 Å². The first-order chi connectivity index (χ1) is 9.88. The van der Waals surface area contributed by atoms with Crippen molar-refractivity contribution in [2.75, 3.05) is 0 Å². The van der Waals surface area contributed by atoms with E-state index < -0.39 is 11.7 Å². The number of halogens is 3. The number of aromatic nitrogens is 1. The van der Waals surface area contributed by atoms with Crippen LogP contribution in [-0.4, -0.2) is 4.98 Å². The van der Waals surface area contributed by atoms with Gasteiger partial charge in [-0.25, -0.2) is 0 Å². The second kappa shape index (κ2) is 6.04. The first kappa shape index (κ1) is 15.8. The van der Waals surface area contributed by atoms with Crippen molar-refractivity contribution in [3.05, 3.63) is 40.7 Å². The first-order valence-corrected chi connectivity index (χ1v) is 7.37. The summed E-state index contributed by atoms with van der Waals surface area (Å²) in [5, 5.41) is 1.54. The summed E-state index contributed by atoms with van der Waals surface area (Å²) >= 11 is 0. The molecule has 0 N–H and O–H groups in total. The van der Waals surface area contributed by atoms with Crippen LogP contribution in [-0.2, 0) is 19.0 Å². The van der Waals surface area contributed by atoms with E-state index in [0.717, 1.165) is 54.1 Å². The van der Waals surface area contributed by atoms with Crippen LogP contribution in [0.1, 0.15) is 49.2 Å². The van der Waals surface area contributed by atoms with Crippen LogP contribution in [0.15, 0.2) is 18.2 Å². The van der Waals surface area contributed by atoms with Gasteiger partial charge in [-0.15, -0.1) is 0 Å². The predicted molar refractivity (Wildman–Crippen MR) is 79.5 cm³/mol. The number of fused-ring (bicyclic) bond motifs is 1. The Morgan fingerprint density at radius 3 is 2.24 bits per heavy atom. The smallest absolute Gasteiger partial charge is 0.257 e. The molecule has 0 fully saturated rings. The number of hydrogen-bond acceptors (Lipinski definition) is 1. The van der Waals surface area contributed by atoms with Crippen LogP contribution in [0.2, 0.25) is 0 Å². The number of pyridine rings is 1. The highest BCUT2D eigenvalue weighted by atomic mass is 19.4. The van der Waals surface area contributed by atoms with Gasteiger partial charge in [0.15, 0.2) is 0 Å². The number of nitrogens with zero attached hydrogens (tertiary/aromatic N) is 1.